The van der Waals surface area contributed by atoms with Gasteiger partial charge in [-0.05, 0) is 35.4 Å². The van der Waals surface area contributed by atoms with E-state index < -0.39 is 11.9 Å². The van der Waals surface area contributed by atoms with Crippen molar-refractivity contribution in [3.05, 3.63) is 107 Å². The fourth-order valence-electron chi connectivity index (χ4n) is 3.34. The number of amides is 1. The summed E-state index contributed by atoms with van der Waals surface area (Å²) in [5.74, 6) is -0.639. The molecule has 3 aromatic rings. The van der Waals surface area contributed by atoms with Crippen LogP contribution in [0.15, 0.2) is 90.7 Å². The van der Waals surface area contributed by atoms with Crippen LogP contribution in [0.3, 0.4) is 0 Å². The molecule has 1 aliphatic rings. The standard InChI is InChI=1S/C22H16ClNO2/c23-17-11-13-18(14-12-17)24-20(16-9-5-2-6-10-16)19(21(25)22(24)26)15-7-3-1-4-8-15/h1-14,20,25H. The first-order chi connectivity index (χ1) is 12.7. The molecule has 0 aromatic heterocycles. The predicted octanol–water partition coefficient (Wildman–Crippen LogP) is 5.40. The molecule has 0 aliphatic carbocycles. The third kappa shape index (κ3) is 2.76. The van der Waals surface area contributed by atoms with Gasteiger partial charge in [-0.3, -0.25) is 9.69 Å². The van der Waals surface area contributed by atoms with E-state index in [0.717, 1.165) is 11.1 Å². The van der Waals surface area contributed by atoms with E-state index in [4.69, 9.17) is 11.6 Å². The molecule has 3 aromatic carbocycles. The van der Waals surface area contributed by atoms with Crippen LogP contribution in [0.25, 0.3) is 5.57 Å². The number of carbonyl (C=O) groups excluding carboxylic acids is 1. The van der Waals surface area contributed by atoms with Crippen LogP contribution in [0.2, 0.25) is 5.02 Å². The molecule has 1 N–H and O–H groups in total. The van der Waals surface area contributed by atoms with Gasteiger partial charge >= 0.3 is 0 Å². The zero-order valence-corrected chi connectivity index (χ0v) is 14.6. The highest BCUT2D eigenvalue weighted by atomic mass is 35.5. The van der Waals surface area contributed by atoms with E-state index >= 15 is 0 Å². The van der Waals surface area contributed by atoms with E-state index in [1.165, 1.54) is 0 Å². The Hall–Kier alpha value is -3.04. The van der Waals surface area contributed by atoms with Crippen LogP contribution in [0.4, 0.5) is 5.69 Å². The van der Waals surface area contributed by atoms with Gasteiger partial charge in [-0.1, -0.05) is 72.3 Å². The number of aliphatic hydroxyl groups is 1. The SMILES string of the molecule is O=C1C(O)=C(c2ccccc2)C(c2ccccc2)N1c1ccc(Cl)cc1. The fourth-order valence-corrected chi connectivity index (χ4v) is 3.46. The smallest absolute Gasteiger partial charge is 0.294 e. The number of rotatable bonds is 3. The van der Waals surface area contributed by atoms with Crippen LogP contribution in [0.5, 0.6) is 0 Å². The molecule has 0 fully saturated rings. The third-order valence-electron chi connectivity index (χ3n) is 4.51. The second-order valence-electron chi connectivity index (χ2n) is 6.09. The molecule has 0 saturated heterocycles. The lowest BCUT2D eigenvalue weighted by Crippen LogP contribution is -2.30. The summed E-state index contributed by atoms with van der Waals surface area (Å²) in [5, 5.41) is 11.3. The largest absolute Gasteiger partial charge is 0.503 e. The number of hydrogen-bond donors (Lipinski definition) is 1. The van der Waals surface area contributed by atoms with E-state index in [0.29, 0.717) is 16.3 Å². The number of benzene rings is 3. The molecular weight excluding hydrogens is 346 g/mol. The zero-order chi connectivity index (χ0) is 18.1. The second kappa shape index (κ2) is 6.70. The summed E-state index contributed by atoms with van der Waals surface area (Å²) in [6, 6.07) is 25.9. The first-order valence-electron chi connectivity index (χ1n) is 8.29. The average Bonchev–Trinajstić information content (AvgIpc) is 2.95. The highest BCUT2D eigenvalue weighted by molar-refractivity contribution is 6.30. The molecule has 4 rings (SSSR count). The monoisotopic (exact) mass is 361 g/mol. The Morgan fingerprint density at radius 3 is 2.00 bits per heavy atom. The topological polar surface area (TPSA) is 40.5 Å². The number of nitrogens with zero attached hydrogens (tertiary/aromatic N) is 1. The Bertz CT molecular complexity index is 966. The Balaban J connectivity index is 1.90. The normalized spacial score (nSPS) is 17.0. The number of halogens is 1. The van der Waals surface area contributed by atoms with Gasteiger partial charge in [0.05, 0.1) is 6.04 Å². The van der Waals surface area contributed by atoms with Crippen LogP contribution >= 0.6 is 11.6 Å². The predicted molar refractivity (Wildman–Crippen MR) is 104 cm³/mol. The molecule has 1 aliphatic heterocycles. The van der Waals surface area contributed by atoms with Crippen molar-refractivity contribution in [3.63, 3.8) is 0 Å². The molecule has 3 nitrogen and oxygen atoms in total. The zero-order valence-electron chi connectivity index (χ0n) is 13.8. The molecular formula is C22H16ClNO2. The molecule has 1 amide bonds. The Morgan fingerprint density at radius 2 is 1.38 bits per heavy atom. The summed E-state index contributed by atoms with van der Waals surface area (Å²) in [5.41, 5.74) is 3.05. The molecule has 0 spiro atoms. The van der Waals surface area contributed by atoms with Crippen molar-refractivity contribution in [1.29, 1.82) is 0 Å². The van der Waals surface area contributed by atoms with Gasteiger partial charge in [-0.15, -0.1) is 0 Å². The number of hydrogen-bond acceptors (Lipinski definition) is 2. The summed E-state index contributed by atoms with van der Waals surface area (Å²) in [4.78, 5) is 14.6. The van der Waals surface area contributed by atoms with Gasteiger partial charge < -0.3 is 5.11 Å². The molecule has 1 heterocycles. The maximum Gasteiger partial charge on any atom is 0.294 e. The van der Waals surface area contributed by atoms with Gasteiger partial charge in [0.25, 0.3) is 5.91 Å². The minimum Gasteiger partial charge on any atom is -0.503 e. The van der Waals surface area contributed by atoms with Crippen LogP contribution < -0.4 is 4.90 Å². The summed E-state index contributed by atoms with van der Waals surface area (Å²) in [6.07, 6.45) is 0. The van der Waals surface area contributed by atoms with E-state index in [1.54, 1.807) is 29.2 Å². The lowest BCUT2D eigenvalue weighted by atomic mass is 9.93. The van der Waals surface area contributed by atoms with E-state index in [1.807, 2.05) is 60.7 Å². The van der Waals surface area contributed by atoms with E-state index in [2.05, 4.69) is 0 Å². The summed E-state index contributed by atoms with van der Waals surface area (Å²) < 4.78 is 0. The van der Waals surface area contributed by atoms with Gasteiger partial charge in [0.15, 0.2) is 5.76 Å². The van der Waals surface area contributed by atoms with Crippen molar-refractivity contribution in [2.45, 2.75) is 6.04 Å². The highest BCUT2D eigenvalue weighted by Crippen LogP contribution is 2.45. The highest BCUT2D eigenvalue weighted by Gasteiger charge is 2.41. The van der Waals surface area contributed by atoms with Crippen molar-refractivity contribution in [1.82, 2.24) is 0 Å². The molecule has 0 saturated carbocycles. The Labute approximate surface area is 156 Å². The van der Waals surface area contributed by atoms with Crippen molar-refractivity contribution in [2.24, 2.45) is 0 Å². The first-order valence-corrected chi connectivity index (χ1v) is 8.67. The van der Waals surface area contributed by atoms with Crippen LogP contribution in [-0.4, -0.2) is 11.0 Å². The van der Waals surface area contributed by atoms with Gasteiger partial charge in [0.1, 0.15) is 0 Å². The molecule has 128 valence electrons. The molecule has 1 atom stereocenters. The maximum absolute atomic E-state index is 12.9. The summed E-state index contributed by atoms with van der Waals surface area (Å²) >= 11 is 6.00. The van der Waals surface area contributed by atoms with Gasteiger partial charge in [-0.2, -0.15) is 0 Å². The van der Waals surface area contributed by atoms with Gasteiger partial charge in [0, 0.05) is 16.3 Å². The number of carbonyl (C=O) groups is 1. The lowest BCUT2D eigenvalue weighted by Gasteiger charge is -2.27. The second-order valence-corrected chi connectivity index (χ2v) is 6.53. The molecule has 0 radical (unpaired) electrons. The van der Waals surface area contributed by atoms with Crippen molar-refractivity contribution >= 4 is 28.8 Å². The van der Waals surface area contributed by atoms with Crippen molar-refractivity contribution in [2.75, 3.05) is 4.90 Å². The van der Waals surface area contributed by atoms with Crippen molar-refractivity contribution in [3.8, 4) is 0 Å². The van der Waals surface area contributed by atoms with E-state index in [9.17, 15) is 9.90 Å². The first kappa shape index (κ1) is 16.4. The van der Waals surface area contributed by atoms with Crippen LogP contribution in [0, 0.1) is 0 Å². The number of aliphatic hydroxyl groups excluding tert-OH is 1. The summed E-state index contributed by atoms with van der Waals surface area (Å²) in [7, 11) is 0. The fraction of sp³-hybridized carbons (Fsp3) is 0.0455. The molecule has 4 heteroatoms. The van der Waals surface area contributed by atoms with Gasteiger partial charge in [-0.25, -0.2) is 0 Å². The van der Waals surface area contributed by atoms with E-state index in [-0.39, 0.29) is 5.76 Å². The van der Waals surface area contributed by atoms with Gasteiger partial charge in [0.2, 0.25) is 0 Å². The molecule has 0 bridgehead atoms. The molecule has 26 heavy (non-hydrogen) atoms. The Kier molecular flexibility index (Phi) is 4.23. The average molecular weight is 362 g/mol. The summed E-state index contributed by atoms with van der Waals surface area (Å²) in [6.45, 7) is 0. The minimum absolute atomic E-state index is 0.222. The third-order valence-corrected chi connectivity index (χ3v) is 4.77. The van der Waals surface area contributed by atoms with Crippen LogP contribution in [-0.2, 0) is 4.79 Å². The minimum atomic E-state index is -0.417. The molecule has 1 unspecified atom stereocenters. The quantitative estimate of drug-likeness (QED) is 0.678. The van der Waals surface area contributed by atoms with Crippen LogP contribution in [0.1, 0.15) is 17.2 Å². The lowest BCUT2D eigenvalue weighted by molar-refractivity contribution is -0.117. The number of anilines is 1. The van der Waals surface area contributed by atoms with Crippen molar-refractivity contribution < 1.29 is 9.90 Å². The Morgan fingerprint density at radius 1 is 0.808 bits per heavy atom. The maximum atomic E-state index is 12.9.